The molecule has 0 spiro atoms. The van der Waals surface area contributed by atoms with Gasteiger partial charge in [0.15, 0.2) is 0 Å². The minimum Gasteiger partial charge on any atom is -0.355 e. The summed E-state index contributed by atoms with van der Waals surface area (Å²) in [5.41, 5.74) is 13.7. The number of H-pyrrole nitrogens is 2. The summed E-state index contributed by atoms with van der Waals surface area (Å²) in [6.07, 6.45) is 8.55. The molecule has 0 aliphatic carbocycles. The van der Waals surface area contributed by atoms with E-state index >= 15 is 0 Å². The number of aryl methyl sites for hydroxylation is 2. The number of nitrogens with one attached hydrogen (secondary N) is 2. The Hall–Kier alpha value is -9.26. The summed E-state index contributed by atoms with van der Waals surface area (Å²) < 4.78 is 0. The smallest absolute Gasteiger partial charge is 0.0972 e. The zero-order valence-corrected chi connectivity index (χ0v) is 38.4. The van der Waals surface area contributed by atoms with Gasteiger partial charge < -0.3 is 9.97 Å². The molecule has 6 nitrogen and oxygen atoms in total. The molecule has 6 aromatic carbocycles. The number of hydrogen-bond acceptors (Lipinski definition) is 4. The molecule has 0 fully saturated rings. The SMILES string of the molecule is Cc1cc(C)cc(-c2c3nc(c4c5ccc(cc6nc(c(c7ccc2[nH]7)=c2ccc(cc2)=c2ccc(cc2)=c2ccc7ccc8ccc(nc8c7n2)=c2ccc(cc2)=c2ccc=4cc2)C=C6)[nH]5)C=C3)c1. The van der Waals surface area contributed by atoms with Gasteiger partial charge in [0.1, 0.15) is 0 Å². The van der Waals surface area contributed by atoms with Crippen molar-refractivity contribution in [3.63, 3.8) is 0 Å². The third-order valence-corrected chi connectivity index (χ3v) is 14.0. The van der Waals surface area contributed by atoms with E-state index in [9.17, 15) is 0 Å². The molecule has 23 rings (SSSR count). The quantitative estimate of drug-likeness (QED) is 0.161. The molecular weight excluding hydrogens is 853 g/mol. The predicted octanol–water partition coefficient (Wildman–Crippen LogP) is 14.1. The molecule has 0 saturated carbocycles. The van der Waals surface area contributed by atoms with Crippen molar-refractivity contribution in [3.05, 3.63) is 279 Å². The van der Waals surface area contributed by atoms with Crippen LogP contribution in [0.3, 0.4) is 0 Å². The van der Waals surface area contributed by atoms with E-state index in [2.05, 4.69) is 230 Å². The summed E-state index contributed by atoms with van der Waals surface area (Å²) in [5, 5.41) is 14.7. The van der Waals surface area contributed by atoms with Crippen LogP contribution < -0.4 is 0 Å². The van der Waals surface area contributed by atoms with E-state index in [1.54, 1.807) is 0 Å². The second kappa shape index (κ2) is 15.7. The monoisotopic (exact) mass is 894 g/mol. The van der Waals surface area contributed by atoms with Gasteiger partial charge in [-0.25, -0.2) is 19.9 Å². The van der Waals surface area contributed by atoms with Crippen LogP contribution in [0.25, 0.3) is 79.3 Å². The Morgan fingerprint density at radius 1 is 0.329 bits per heavy atom. The van der Waals surface area contributed by atoms with Crippen LogP contribution in [0.5, 0.6) is 0 Å². The number of nitrogens with zero attached hydrogens (tertiary/aromatic N) is 4. The molecule has 328 valence electrons. The van der Waals surface area contributed by atoms with Gasteiger partial charge in [0, 0.05) is 59.3 Å². The maximum atomic E-state index is 5.51. The molecule has 0 atom stereocenters. The number of hydrogen-bond donors (Lipinski definition) is 2. The average molecular weight is 895 g/mol. The van der Waals surface area contributed by atoms with Crippen LogP contribution in [0.2, 0.25) is 0 Å². The minimum absolute atomic E-state index is 0.869. The van der Waals surface area contributed by atoms with Crippen molar-refractivity contribution >= 4 is 68.2 Å². The van der Waals surface area contributed by atoms with E-state index in [0.29, 0.717) is 0 Å². The number of aromatic nitrogens is 6. The van der Waals surface area contributed by atoms with Gasteiger partial charge in [0.25, 0.3) is 0 Å². The first-order chi connectivity index (χ1) is 34.4. The second-order valence-corrected chi connectivity index (χ2v) is 18.6. The van der Waals surface area contributed by atoms with Crippen molar-refractivity contribution in [2.45, 2.75) is 13.8 Å². The molecule has 22 bridgehead atoms. The van der Waals surface area contributed by atoms with Crippen LogP contribution in [-0.2, 0) is 0 Å². The highest BCUT2D eigenvalue weighted by Gasteiger charge is 2.14. The standard InChI is InChI=1S/C64H42N6/c1-37-33-38(2)35-49(34-37)62-58-31-29-56(67-58)60-45-15-7-41(8-16-45)39-3-11-43(12-4-39)52-25-21-47-19-20-48-22-26-53(70-64(48)63(47)69-52)44-13-5-40(6-14-44)42-9-17-46(18-10-42)61(57-30-32-59(62)68-57)55-28-24-51(66-55)36-50-23-27-54(60)65-50/h3-36,65,68H,1-2H3. The molecule has 0 unspecified atom stereocenters. The van der Waals surface area contributed by atoms with Gasteiger partial charge in [-0.2, -0.15) is 0 Å². The molecule has 2 N–H and O–H groups in total. The highest BCUT2D eigenvalue weighted by atomic mass is 14.8. The van der Waals surface area contributed by atoms with E-state index in [0.717, 1.165) is 141 Å². The maximum absolute atomic E-state index is 5.51. The van der Waals surface area contributed by atoms with Gasteiger partial charge in [-0.05, 0) is 117 Å². The van der Waals surface area contributed by atoms with E-state index in [1.807, 2.05) is 0 Å². The molecule has 5 aromatic heterocycles. The molecule has 17 heterocycles. The minimum atomic E-state index is 0.869. The molecule has 12 aliphatic rings. The van der Waals surface area contributed by atoms with Gasteiger partial charge in [-0.1, -0.05) is 151 Å². The molecule has 12 aliphatic heterocycles. The van der Waals surface area contributed by atoms with Crippen molar-refractivity contribution in [2.24, 2.45) is 0 Å². The Morgan fingerprint density at radius 2 is 0.771 bits per heavy atom. The van der Waals surface area contributed by atoms with Crippen LogP contribution in [0.15, 0.2) is 182 Å². The summed E-state index contributed by atoms with van der Waals surface area (Å²) in [6, 6.07) is 65.4. The normalized spacial score (nSPS) is 12.3. The average Bonchev–Trinajstić information content (AvgIpc) is 4.25. The molecule has 6 heteroatoms. The topological polar surface area (TPSA) is 83.1 Å². The van der Waals surface area contributed by atoms with E-state index in [1.165, 1.54) is 11.1 Å². The summed E-state index contributed by atoms with van der Waals surface area (Å²) >= 11 is 0. The third kappa shape index (κ3) is 6.80. The number of rotatable bonds is 1. The number of pyridine rings is 2. The zero-order chi connectivity index (χ0) is 46.5. The van der Waals surface area contributed by atoms with E-state index < -0.39 is 0 Å². The molecular formula is C64H42N6. The molecule has 11 aromatic rings. The highest BCUT2D eigenvalue weighted by Crippen LogP contribution is 2.32. The van der Waals surface area contributed by atoms with Crippen molar-refractivity contribution in [3.8, 4) is 11.1 Å². The predicted molar refractivity (Wildman–Crippen MR) is 283 cm³/mol. The van der Waals surface area contributed by atoms with Crippen LogP contribution in [0.1, 0.15) is 33.9 Å². The maximum Gasteiger partial charge on any atom is 0.0972 e. The van der Waals surface area contributed by atoms with E-state index in [4.69, 9.17) is 19.9 Å². The Kier molecular flexibility index (Phi) is 8.92. The fraction of sp³-hybridized carbons (Fsp3) is 0.0312. The zero-order valence-electron chi connectivity index (χ0n) is 38.4. The van der Waals surface area contributed by atoms with Crippen LogP contribution in [0, 0.1) is 76.7 Å². The molecule has 0 saturated heterocycles. The van der Waals surface area contributed by atoms with E-state index in [-0.39, 0.29) is 0 Å². The Bertz CT molecular complexity index is 4700. The first-order valence-electron chi connectivity index (χ1n) is 23.8. The summed E-state index contributed by atoms with van der Waals surface area (Å²) in [5.74, 6) is 0. The molecule has 0 radical (unpaired) electrons. The Morgan fingerprint density at radius 3 is 1.34 bits per heavy atom. The molecule has 0 amide bonds. The van der Waals surface area contributed by atoms with Crippen molar-refractivity contribution < 1.29 is 0 Å². The van der Waals surface area contributed by atoms with Crippen molar-refractivity contribution in [2.75, 3.05) is 0 Å². The lowest BCUT2D eigenvalue weighted by Gasteiger charge is -2.07. The van der Waals surface area contributed by atoms with Gasteiger partial charge in [0.2, 0.25) is 0 Å². The first kappa shape index (κ1) is 39.9. The number of aromatic amines is 2. The summed E-state index contributed by atoms with van der Waals surface area (Å²) in [4.78, 5) is 29.0. The van der Waals surface area contributed by atoms with Gasteiger partial charge in [-0.3, -0.25) is 0 Å². The highest BCUT2D eigenvalue weighted by molar-refractivity contribution is 6.02. The Labute approximate surface area is 400 Å². The largest absolute Gasteiger partial charge is 0.355 e. The number of benzene rings is 6. The second-order valence-electron chi connectivity index (χ2n) is 18.6. The lowest BCUT2D eigenvalue weighted by Crippen LogP contribution is -1.89. The van der Waals surface area contributed by atoms with Crippen LogP contribution in [0.4, 0.5) is 0 Å². The van der Waals surface area contributed by atoms with Crippen LogP contribution >= 0.6 is 0 Å². The van der Waals surface area contributed by atoms with Gasteiger partial charge in [-0.15, -0.1) is 0 Å². The first-order valence-corrected chi connectivity index (χ1v) is 23.8. The van der Waals surface area contributed by atoms with Gasteiger partial charge in [0.05, 0.1) is 44.5 Å². The fourth-order valence-electron chi connectivity index (χ4n) is 10.6. The fourth-order valence-corrected chi connectivity index (χ4v) is 10.6. The van der Waals surface area contributed by atoms with Gasteiger partial charge >= 0.3 is 0 Å². The molecule has 70 heavy (non-hydrogen) atoms. The third-order valence-electron chi connectivity index (χ3n) is 14.0. The lowest BCUT2D eigenvalue weighted by atomic mass is 9.99. The summed E-state index contributed by atoms with van der Waals surface area (Å²) in [6.45, 7) is 4.32. The lowest BCUT2D eigenvalue weighted by molar-refractivity contribution is 1.26. The van der Waals surface area contributed by atoms with Crippen molar-refractivity contribution in [1.29, 1.82) is 0 Å². The summed E-state index contributed by atoms with van der Waals surface area (Å²) in [7, 11) is 0. The van der Waals surface area contributed by atoms with Crippen molar-refractivity contribution in [1.82, 2.24) is 29.9 Å². The van der Waals surface area contributed by atoms with Crippen LogP contribution in [-0.4, -0.2) is 29.9 Å². The Balaban J connectivity index is 1.16.